The molecule has 3 rings (SSSR count). The van der Waals surface area contributed by atoms with E-state index in [1.54, 1.807) is 42.5 Å². The van der Waals surface area contributed by atoms with Crippen LogP contribution in [0.25, 0.3) is 11.1 Å². The molecule has 0 saturated heterocycles. The predicted molar refractivity (Wildman–Crippen MR) is 107 cm³/mol. The van der Waals surface area contributed by atoms with Gasteiger partial charge in [0.2, 0.25) is 0 Å². The molecule has 0 heterocycles. The number of carbonyl (C=O) groups excluding carboxylic acids is 2. The van der Waals surface area contributed by atoms with Crippen molar-refractivity contribution < 1.29 is 19.8 Å². The maximum absolute atomic E-state index is 12.6. The number of aliphatic hydroxyl groups excluding tert-OH is 2. The number of rotatable bonds is 7. The van der Waals surface area contributed by atoms with Crippen LogP contribution in [-0.2, 0) is 4.79 Å². The Morgan fingerprint density at radius 1 is 0.786 bits per heavy atom. The maximum atomic E-state index is 12.6. The van der Waals surface area contributed by atoms with Gasteiger partial charge in [0.05, 0.1) is 0 Å². The Bertz CT molecular complexity index is 924. The van der Waals surface area contributed by atoms with E-state index >= 15 is 0 Å². The molecule has 0 aliphatic carbocycles. The molecule has 28 heavy (non-hydrogen) atoms. The Labute approximate surface area is 163 Å². The van der Waals surface area contributed by atoms with Crippen LogP contribution in [0.4, 0.5) is 0 Å². The summed E-state index contributed by atoms with van der Waals surface area (Å²) >= 11 is 0. The molecule has 5 nitrogen and oxygen atoms in total. The minimum Gasteiger partial charge on any atom is -0.388 e. The topological polar surface area (TPSA) is 86.6 Å². The fourth-order valence-electron chi connectivity index (χ4n) is 2.95. The Balaban J connectivity index is 1.77. The lowest BCUT2D eigenvalue weighted by atomic mass is 9.98. The quantitative estimate of drug-likeness (QED) is 0.593. The number of Topliss-reactive ketones (excluding diaryl/α,β-unsaturated/α-hetero) is 1. The van der Waals surface area contributed by atoms with Gasteiger partial charge in [0.15, 0.2) is 5.78 Å². The summed E-state index contributed by atoms with van der Waals surface area (Å²) in [5.41, 5.74) is 2.83. The van der Waals surface area contributed by atoms with Gasteiger partial charge < -0.3 is 15.5 Å². The number of ketones is 1. The highest BCUT2D eigenvalue weighted by atomic mass is 16.3. The largest absolute Gasteiger partial charge is 0.388 e. The van der Waals surface area contributed by atoms with E-state index in [-0.39, 0.29) is 0 Å². The summed E-state index contributed by atoms with van der Waals surface area (Å²) in [6.45, 7) is -0.776. The van der Waals surface area contributed by atoms with Gasteiger partial charge >= 0.3 is 0 Å². The van der Waals surface area contributed by atoms with Crippen LogP contribution in [0.5, 0.6) is 0 Å². The molecule has 3 aromatic rings. The minimum absolute atomic E-state index is 0.357. The van der Waals surface area contributed by atoms with Crippen molar-refractivity contribution in [3.63, 3.8) is 0 Å². The van der Waals surface area contributed by atoms with E-state index in [9.17, 15) is 19.8 Å². The van der Waals surface area contributed by atoms with Gasteiger partial charge in [-0.2, -0.15) is 0 Å². The van der Waals surface area contributed by atoms with Crippen molar-refractivity contribution in [2.45, 2.75) is 12.1 Å². The smallest absolute Gasteiger partial charge is 0.251 e. The van der Waals surface area contributed by atoms with E-state index in [1.165, 1.54) is 0 Å². The van der Waals surface area contributed by atoms with E-state index in [1.807, 2.05) is 42.5 Å². The molecule has 3 aromatic carbocycles. The van der Waals surface area contributed by atoms with E-state index in [2.05, 4.69) is 5.32 Å². The monoisotopic (exact) mass is 375 g/mol. The summed E-state index contributed by atoms with van der Waals surface area (Å²) in [6, 6.07) is 24.0. The van der Waals surface area contributed by atoms with Crippen LogP contribution in [0.15, 0.2) is 84.9 Å². The van der Waals surface area contributed by atoms with Crippen LogP contribution < -0.4 is 5.32 Å². The van der Waals surface area contributed by atoms with E-state index in [4.69, 9.17) is 0 Å². The lowest BCUT2D eigenvalue weighted by Gasteiger charge is -2.23. The molecule has 0 spiro atoms. The highest BCUT2D eigenvalue weighted by molar-refractivity contribution is 5.98. The molecule has 3 N–H and O–H groups in total. The molecule has 2 atom stereocenters. The van der Waals surface area contributed by atoms with Crippen LogP contribution in [0, 0.1) is 0 Å². The molecule has 0 aliphatic heterocycles. The summed E-state index contributed by atoms with van der Waals surface area (Å²) in [5, 5.41) is 22.3. The summed E-state index contributed by atoms with van der Waals surface area (Å²) in [7, 11) is 0. The maximum Gasteiger partial charge on any atom is 0.251 e. The predicted octanol–water partition coefficient (Wildman–Crippen LogP) is 2.75. The Morgan fingerprint density at radius 2 is 1.32 bits per heavy atom. The first-order chi connectivity index (χ1) is 13.6. The fourth-order valence-corrected chi connectivity index (χ4v) is 2.95. The number of hydrogen-bond acceptors (Lipinski definition) is 4. The highest BCUT2D eigenvalue weighted by Gasteiger charge is 2.29. The molecule has 142 valence electrons. The average molecular weight is 375 g/mol. The molecule has 0 radical (unpaired) electrons. The molecule has 1 amide bonds. The molecule has 0 saturated carbocycles. The first-order valence-electron chi connectivity index (χ1n) is 8.93. The third kappa shape index (κ3) is 4.52. The van der Waals surface area contributed by atoms with Gasteiger partial charge in [-0.05, 0) is 28.8 Å². The normalized spacial score (nSPS) is 12.8. The molecule has 0 bridgehead atoms. The van der Waals surface area contributed by atoms with Crippen LogP contribution in [0.3, 0.4) is 0 Å². The molecular formula is C23H21NO4. The Kier molecular flexibility index (Phi) is 6.32. The van der Waals surface area contributed by atoms with Gasteiger partial charge in [-0.25, -0.2) is 0 Å². The molecular weight excluding hydrogens is 354 g/mol. The summed E-state index contributed by atoms with van der Waals surface area (Å²) in [6.07, 6.45) is -1.26. The van der Waals surface area contributed by atoms with Crippen LogP contribution in [0.2, 0.25) is 0 Å². The third-order valence-electron chi connectivity index (χ3n) is 4.50. The van der Waals surface area contributed by atoms with Crippen LogP contribution in [-0.4, -0.2) is 34.6 Å². The number of hydrogen-bond donors (Lipinski definition) is 3. The van der Waals surface area contributed by atoms with Crippen molar-refractivity contribution in [1.29, 1.82) is 0 Å². The Morgan fingerprint density at radius 3 is 1.89 bits per heavy atom. The molecule has 0 aliphatic rings. The van der Waals surface area contributed by atoms with E-state index in [0.29, 0.717) is 11.1 Å². The van der Waals surface area contributed by atoms with Crippen molar-refractivity contribution >= 4 is 11.7 Å². The van der Waals surface area contributed by atoms with Gasteiger partial charge in [0, 0.05) is 5.56 Å². The van der Waals surface area contributed by atoms with Gasteiger partial charge in [-0.15, -0.1) is 0 Å². The van der Waals surface area contributed by atoms with Crippen molar-refractivity contribution in [2.24, 2.45) is 0 Å². The molecule has 0 aromatic heterocycles. The van der Waals surface area contributed by atoms with Crippen LogP contribution >= 0.6 is 0 Å². The second-order valence-electron chi connectivity index (χ2n) is 6.37. The summed E-state index contributed by atoms with van der Waals surface area (Å²) < 4.78 is 0. The van der Waals surface area contributed by atoms with Gasteiger partial charge in [-0.1, -0.05) is 72.8 Å². The highest BCUT2D eigenvalue weighted by Crippen LogP contribution is 2.20. The van der Waals surface area contributed by atoms with Crippen molar-refractivity contribution in [1.82, 2.24) is 5.32 Å². The van der Waals surface area contributed by atoms with Gasteiger partial charge in [0.1, 0.15) is 18.8 Å². The standard InChI is InChI=1S/C23H21NO4/c25-15-20(26)21(22(27)18-9-5-2-6-10-18)24-23(28)19-13-11-17(12-14-19)16-7-3-1-4-8-16/h1-14,21-22,25,27H,15H2,(H,24,28). The van der Waals surface area contributed by atoms with E-state index in [0.717, 1.165) is 11.1 Å². The first-order valence-corrected chi connectivity index (χ1v) is 8.93. The SMILES string of the molecule is O=C(NC(C(=O)CO)C(O)c1ccccc1)c1ccc(-c2ccccc2)cc1. The number of nitrogens with one attached hydrogen (secondary N) is 1. The fraction of sp³-hybridized carbons (Fsp3) is 0.130. The van der Waals surface area contributed by atoms with Gasteiger partial charge in [0.25, 0.3) is 5.91 Å². The lowest BCUT2D eigenvalue weighted by Crippen LogP contribution is -2.46. The number of benzene rings is 3. The summed E-state index contributed by atoms with van der Waals surface area (Å²) in [5.74, 6) is -1.16. The van der Waals surface area contributed by atoms with Crippen molar-refractivity contribution in [3.05, 3.63) is 96.1 Å². The van der Waals surface area contributed by atoms with Crippen molar-refractivity contribution in [3.8, 4) is 11.1 Å². The van der Waals surface area contributed by atoms with E-state index < -0.39 is 30.4 Å². The number of carbonyl (C=O) groups is 2. The zero-order valence-electron chi connectivity index (χ0n) is 15.2. The average Bonchev–Trinajstić information content (AvgIpc) is 2.77. The zero-order valence-corrected chi connectivity index (χ0v) is 15.2. The minimum atomic E-state index is -1.26. The summed E-state index contributed by atoms with van der Waals surface area (Å²) in [4.78, 5) is 24.7. The molecule has 2 unspecified atom stereocenters. The molecule has 5 heteroatoms. The third-order valence-corrected chi connectivity index (χ3v) is 4.50. The van der Waals surface area contributed by atoms with Crippen molar-refractivity contribution in [2.75, 3.05) is 6.61 Å². The van der Waals surface area contributed by atoms with Gasteiger partial charge in [-0.3, -0.25) is 9.59 Å². The second kappa shape index (κ2) is 9.08. The second-order valence-corrected chi connectivity index (χ2v) is 6.37. The first kappa shape index (κ1) is 19.5. The zero-order chi connectivity index (χ0) is 19.9. The molecule has 0 fully saturated rings. The lowest BCUT2D eigenvalue weighted by molar-refractivity contribution is -0.126. The number of aliphatic hydroxyl groups is 2. The Hall–Kier alpha value is -3.28. The number of amides is 1. The van der Waals surface area contributed by atoms with Crippen LogP contribution in [0.1, 0.15) is 22.0 Å².